The molecule has 4 nitrogen and oxygen atoms in total. The molecule has 3 aromatic carbocycles. The lowest BCUT2D eigenvalue weighted by Gasteiger charge is -2.29. The summed E-state index contributed by atoms with van der Waals surface area (Å²) >= 11 is 0. The summed E-state index contributed by atoms with van der Waals surface area (Å²) in [6.45, 7) is 1.88. The lowest BCUT2D eigenvalue weighted by Crippen LogP contribution is -2.27. The minimum atomic E-state index is -4.97. The molecule has 194 valence electrons. The van der Waals surface area contributed by atoms with Crippen LogP contribution in [-0.4, -0.2) is 33.3 Å². The minimum Gasteiger partial charge on any atom is -0.403 e. The SMILES string of the molecule is COCCCC1COC(c2ccc3c(F)c(CCc4ccc(OC(F)(F)F)c(F)c4)ccc3c2)OC1. The second-order valence-electron chi connectivity index (χ2n) is 8.83. The van der Waals surface area contributed by atoms with Crippen molar-refractivity contribution < 1.29 is 40.9 Å². The zero-order valence-electron chi connectivity index (χ0n) is 19.7. The zero-order valence-corrected chi connectivity index (χ0v) is 19.7. The maximum Gasteiger partial charge on any atom is 0.573 e. The first-order valence-electron chi connectivity index (χ1n) is 11.7. The van der Waals surface area contributed by atoms with Crippen LogP contribution in [-0.2, 0) is 27.1 Å². The van der Waals surface area contributed by atoms with Crippen LogP contribution in [0.2, 0.25) is 0 Å². The van der Waals surface area contributed by atoms with Crippen molar-refractivity contribution >= 4 is 10.8 Å². The average molecular weight is 510 g/mol. The molecular formula is C27H27F5O4. The molecule has 1 fully saturated rings. The Morgan fingerprint density at radius 3 is 2.42 bits per heavy atom. The van der Waals surface area contributed by atoms with Crippen LogP contribution in [0.4, 0.5) is 22.0 Å². The highest BCUT2D eigenvalue weighted by molar-refractivity contribution is 5.84. The summed E-state index contributed by atoms with van der Waals surface area (Å²) in [5.41, 5.74) is 1.67. The number of ether oxygens (including phenoxy) is 4. The van der Waals surface area contributed by atoms with E-state index < -0.39 is 24.2 Å². The van der Waals surface area contributed by atoms with E-state index in [1.807, 2.05) is 6.07 Å². The third kappa shape index (κ3) is 6.72. The molecule has 0 radical (unpaired) electrons. The van der Waals surface area contributed by atoms with E-state index in [1.54, 1.807) is 31.4 Å². The second-order valence-corrected chi connectivity index (χ2v) is 8.83. The normalized spacial score (nSPS) is 18.5. The molecule has 4 rings (SSSR count). The predicted molar refractivity (Wildman–Crippen MR) is 124 cm³/mol. The van der Waals surface area contributed by atoms with Crippen LogP contribution < -0.4 is 4.74 Å². The molecule has 0 bridgehead atoms. The Kier molecular flexibility index (Phi) is 8.43. The van der Waals surface area contributed by atoms with Crippen molar-refractivity contribution in [3.8, 4) is 5.75 Å². The van der Waals surface area contributed by atoms with Crippen LogP contribution >= 0.6 is 0 Å². The second kappa shape index (κ2) is 11.5. The van der Waals surface area contributed by atoms with Crippen molar-refractivity contribution in [2.24, 2.45) is 5.92 Å². The van der Waals surface area contributed by atoms with Crippen LogP contribution in [0.15, 0.2) is 48.5 Å². The number of fused-ring (bicyclic) bond motifs is 1. The molecular weight excluding hydrogens is 483 g/mol. The van der Waals surface area contributed by atoms with Crippen LogP contribution in [0, 0.1) is 17.6 Å². The third-order valence-corrected chi connectivity index (χ3v) is 6.16. The molecule has 0 unspecified atom stereocenters. The van der Waals surface area contributed by atoms with Gasteiger partial charge in [0.25, 0.3) is 0 Å². The number of benzene rings is 3. The first-order valence-corrected chi connectivity index (χ1v) is 11.7. The van der Waals surface area contributed by atoms with Crippen molar-refractivity contribution in [3.63, 3.8) is 0 Å². The van der Waals surface area contributed by atoms with E-state index in [9.17, 15) is 17.6 Å². The molecule has 0 N–H and O–H groups in total. The van der Waals surface area contributed by atoms with E-state index >= 15 is 4.39 Å². The Hall–Kier alpha value is -2.75. The molecule has 0 aliphatic carbocycles. The van der Waals surface area contributed by atoms with Gasteiger partial charge in [0, 0.05) is 30.6 Å². The molecule has 9 heteroatoms. The standard InChI is InChI=1S/C27H27F5O4/c1-33-12-2-3-18-15-34-26(35-16-18)21-9-10-22-20(14-21)8-7-19(25(22)29)6-4-17-5-11-24(23(28)13-17)36-27(30,31)32/h5,7-11,13-14,18,26H,2-4,6,12,15-16H2,1H3. The lowest BCUT2D eigenvalue weighted by atomic mass is 9.98. The molecule has 0 spiro atoms. The Morgan fingerprint density at radius 2 is 1.72 bits per heavy atom. The van der Waals surface area contributed by atoms with Crippen LogP contribution in [0.1, 0.15) is 35.8 Å². The maximum atomic E-state index is 15.2. The van der Waals surface area contributed by atoms with E-state index in [0.717, 1.165) is 30.5 Å². The molecule has 1 aliphatic rings. The summed E-state index contributed by atoms with van der Waals surface area (Å²) in [4.78, 5) is 0. The van der Waals surface area contributed by atoms with Crippen LogP contribution in [0.5, 0.6) is 5.75 Å². The summed E-state index contributed by atoms with van der Waals surface area (Å²) in [7, 11) is 1.68. The fourth-order valence-corrected chi connectivity index (χ4v) is 4.30. The number of rotatable bonds is 9. The highest BCUT2D eigenvalue weighted by Gasteiger charge is 2.32. The van der Waals surface area contributed by atoms with Crippen molar-refractivity contribution in [3.05, 3.63) is 76.9 Å². The highest BCUT2D eigenvalue weighted by Crippen LogP contribution is 2.31. The highest BCUT2D eigenvalue weighted by atomic mass is 19.4. The molecule has 1 saturated heterocycles. The van der Waals surface area contributed by atoms with Crippen molar-refractivity contribution in [1.82, 2.24) is 0 Å². The summed E-state index contributed by atoms with van der Waals surface area (Å²) in [6.07, 6.45) is -3.07. The van der Waals surface area contributed by atoms with Gasteiger partial charge in [0.05, 0.1) is 13.2 Å². The van der Waals surface area contributed by atoms with Gasteiger partial charge in [0.2, 0.25) is 0 Å². The largest absolute Gasteiger partial charge is 0.573 e. The molecule has 1 heterocycles. The Labute approximate surface area is 205 Å². The molecule has 36 heavy (non-hydrogen) atoms. The molecule has 3 aromatic rings. The van der Waals surface area contributed by atoms with Crippen molar-refractivity contribution in [2.75, 3.05) is 26.9 Å². The van der Waals surface area contributed by atoms with E-state index in [4.69, 9.17) is 14.2 Å². The van der Waals surface area contributed by atoms with E-state index in [-0.39, 0.29) is 18.7 Å². The topological polar surface area (TPSA) is 36.9 Å². The maximum absolute atomic E-state index is 15.2. The fourth-order valence-electron chi connectivity index (χ4n) is 4.30. The first kappa shape index (κ1) is 26.3. The minimum absolute atomic E-state index is 0.249. The summed E-state index contributed by atoms with van der Waals surface area (Å²) in [5.74, 6) is -2.09. The van der Waals surface area contributed by atoms with Gasteiger partial charge in [0.15, 0.2) is 17.9 Å². The number of hydrogen-bond acceptors (Lipinski definition) is 4. The Bertz CT molecular complexity index is 1170. The summed E-state index contributed by atoms with van der Waals surface area (Å²) < 4.78 is 86.6. The van der Waals surface area contributed by atoms with Gasteiger partial charge in [-0.25, -0.2) is 8.78 Å². The smallest absolute Gasteiger partial charge is 0.403 e. The zero-order chi connectivity index (χ0) is 25.7. The third-order valence-electron chi connectivity index (χ3n) is 6.16. The number of alkyl halides is 3. The molecule has 1 aliphatic heterocycles. The van der Waals surface area contributed by atoms with Gasteiger partial charge in [-0.2, -0.15) is 0 Å². The van der Waals surface area contributed by atoms with E-state index in [2.05, 4.69) is 4.74 Å². The van der Waals surface area contributed by atoms with Crippen molar-refractivity contribution in [2.45, 2.75) is 38.3 Å². The Morgan fingerprint density at radius 1 is 0.944 bits per heavy atom. The molecule has 0 aromatic heterocycles. The van der Waals surface area contributed by atoms with Gasteiger partial charge in [-0.05, 0) is 60.4 Å². The van der Waals surface area contributed by atoms with E-state index in [1.165, 1.54) is 6.07 Å². The van der Waals surface area contributed by atoms with Crippen molar-refractivity contribution in [1.29, 1.82) is 0 Å². The average Bonchev–Trinajstić information content (AvgIpc) is 2.85. The Balaban J connectivity index is 1.39. The monoisotopic (exact) mass is 510 g/mol. The molecule has 0 saturated carbocycles. The first-order chi connectivity index (χ1) is 17.2. The van der Waals surface area contributed by atoms with Gasteiger partial charge in [-0.15, -0.1) is 13.2 Å². The van der Waals surface area contributed by atoms with Gasteiger partial charge in [-0.3, -0.25) is 0 Å². The number of halogens is 5. The van der Waals surface area contributed by atoms with Gasteiger partial charge < -0.3 is 18.9 Å². The van der Waals surface area contributed by atoms with Gasteiger partial charge in [0.1, 0.15) is 5.82 Å². The fraction of sp³-hybridized carbons (Fsp3) is 0.407. The summed E-state index contributed by atoms with van der Waals surface area (Å²) in [6, 6.07) is 12.0. The number of hydrogen-bond donors (Lipinski definition) is 0. The van der Waals surface area contributed by atoms with Crippen LogP contribution in [0.3, 0.4) is 0 Å². The number of methoxy groups -OCH3 is 1. The predicted octanol–water partition coefficient (Wildman–Crippen LogP) is 6.89. The molecule has 0 atom stereocenters. The summed E-state index contributed by atoms with van der Waals surface area (Å²) in [5, 5.41) is 1.13. The van der Waals surface area contributed by atoms with Crippen LogP contribution in [0.25, 0.3) is 10.8 Å². The molecule has 0 amide bonds. The number of aryl methyl sites for hydroxylation is 2. The lowest BCUT2D eigenvalue weighted by molar-refractivity contribution is -0.275. The van der Waals surface area contributed by atoms with E-state index in [0.29, 0.717) is 47.6 Å². The quantitative estimate of drug-likeness (QED) is 0.232. The van der Waals surface area contributed by atoms with Gasteiger partial charge >= 0.3 is 6.36 Å². The van der Waals surface area contributed by atoms with Gasteiger partial charge in [-0.1, -0.05) is 30.3 Å².